The Bertz CT molecular complexity index is 337. The molecule has 1 unspecified atom stereocenters. The summed E-state index contributed by atoms with van der Waals surface area (Å²) < 4.78 is 0. The Labute approximate surface area is 101 Å². The van der Waals surface area contributed by atoms with Gasteiger partial charge < -0.3 is 5.11 Å². The van der Waals surface area contributed by atoms with Gasteiger partial charge in [0.1, 0.15) is 0 Å². The minimum absolute atomic E-state index is 0.0431. The monoisotopic (exact) mass is 238 g/mol. The van der Waals surface area contributed by atoms with Crippen molar-refractivity contribution in [3.8, 4) is 6.07 Å². The third kappa shape index (κ3) is 4.19. The summed E-state index contributed by atoms with van der Waals surface area (Å²) in [5.41, 5.74) is 0.775. The topological polar surface area (TPSA) is 47.3 Å². The van der Waals surface area contributed by atoms with Gasteiger partial charge in [0.05, 0.1) is 24.6 Å². The molecule has 0 aromatic heterocycles. The lowest BCUT2D eigenvalue weighted by Gasteiger charge is -2.25. The van der Waals surface area contributed by atoms with Crippen molar-refractivity contribution in [2.24, 2.45) is 0 Å². The molecule has 1 aromatic carbocycles. The third-order valence-electron chi connectivity index (χ3n) is 2.27. The molecule has 0 bridgehead atoms. The molecular formula is C12H15ClN2O. The summed E-state index contributed by atoms with van der Waals surface area (Å²) in [5.74, 6) is 0. The van der Waals surface area contributed by atoms with Gasteiger partial charge >= 0.3 is 0 Å². The van der Waals surface area contributed by atoms with E-state index in [1.807, 2.05) is 41.3 Å². The highest BCUT2D eigenvalue weighted by Gasteiger charge is 2.15. The first kappa shape index (κ1) is 13.0. The first-order valence-electron chi connectivity index (χ1n) is 5.17. The van der Waals surface area contributed by atoms with E-state index in [1.54, 1.807) is 0 Å². The maximum absolute atomic E-state index is 8.95. The van der Waals surface area contributed by atoms with Crippen molar-refractivity contribution in [2.45, 2.75) is 18.5 Å². The van der Waals surface area contributed by atoms with Crippen molar-refractivity contribution < 1.29 is 5.11 Å². The second kappa shape index (κ2) is 7.24. The lowest BCUT2D eigenvalue weighted by Crippen LogP contribution is -2.33. The van der Waals surface area contributed by atoms with Crippen molar-refractivity contribution in [3.63, 3.8) is 0 Å². The van der Waals surface area contributed by atoms with E-state index >= 15 is 0 Å². The molecule has 0 fully saturated rings. The summed E-state index contributed by atoms with van der Waals surface area (Å²) in [4.78, 5) is 1.89. The average molecular weight is 239 g/mol. The number of benzene rings is 1. The first-order chi connectivity index (χ1) is 7.77. The summed E-state index contributed by atoms with van der Waals surface area (Å²) in [6, 6.07) is 11.9. The fraction of sp³-hybridized carbons (Fsp3) is 0.417. The van der Waals surface area contributed by atoms with Crippen LogP contribution in [-0.4, -0.2) is 28.7 Å². The second-order valence-electron chi connectivity index (χ2n) is 3.48. The van der Waals surface area contributed by atoms with Crippen molar-refractivity contribution >= 4 is 11.6 Å². The molecule has 0 aliphatic carbocycles. The van der Waals surface area contributed by atoms with Gasteiger partial charge in [0, 0.05) is 13.1 Å². The predicted molar refractivity (Wildman–Crippen MR) is 63.8 cm³/mol. The van der Waals surface area contributed by atoms with Gasteiger partial charge in [-0.15, -0.1) is 11.6 Å². The zero-order valence-electron chi connectivity index (χ0n) is 9.01. The molecular weight excluding hydrogens is 224 g/mol. The number of aliphatic hydroxyl groups is 1. The predicted octanol–water partition coefficient (Wildman–Crippen LogP) is 1.96. The van der Waals surface area contributed by atoms with Gasteiger partial charge in [-0.05, 0) is 5.56 Å². The van der Waals surface area contributed by atoms with E-state index in [4.69, 9.17) is 22.0 Å². The SMILES string of the molecule is N#CCC(Cl)N(CCO)Cc1ccccc1. The van der Waals surface area contributed by atoms with Crippen LogP contribution in [0, 0.1) is 11.3 Å². The standard InChI is InChI=1S/C12H15ClN2O/c13-12(6-7-14)15(8-9-16)10-11-4-2-1-3-5-11/h1-5,12,16H,6,8-10H2. The lowest BCUT2D eigenvalue weighted by atomic mass is 10.2. The van der Waals surface area contributed by atoms with E-state index in [9.17, 15) is 0 Å². The molecule has 0 amide bonds. The number of hydrogen-bond acceptors (Lipinski definition) is 3. The molecule has 1 rings (SSSR count). The van der Waals surface area contributed by atoms with Crippen LogP contribution < -0.4 is 0 Å². The molecule has 3 nitrogen and oxygen atoms in total. The van der Waals surface area contributed by atoms with Crippen LogP contribution in [0.4, 0.5) is 0 Å². The molecule has 0 saturated carbocycles. The van der Waals surface area contributed by atoms with Gasteiger partial charge in [-0.3, -0.25) is 4.90 Å². The molecule has 86 valence electrons. The van der Waals surface area contributed by atoms with Crippen LogP contribution in [0.15, 0.2) is 30.3 Å². The summed E-state index contributed by atoms with van der Waals surface area (Å²) >= 11 is 6.07. The maximum atomic E-state index is 8.95. The highest BCUT2D eigenvalue weighted by Crippen LogP contribution is 2.13. The zero-order valence-corrected chi connectivity index (χ0v) is 9.77. The quantitative estimate of drug-likeness (QED) is 0.609. The number of rotatable bonds is 6. The van der Waals surface area contributed by atoms with Crippen LogP contribution in [0.3, 0.4) is 0 Å². The smallest absolute Gasteiger partial charge is 0.0985 e. The Hall–Kier alpha value is -1.08. The Morgan fingerprint density at radius 1 is 1.38 bits per heavy atom. The normalized spacial score (nSPS) is 12.4. The zero-order chi connectivity index (χ0) is 11.8. The number of hydrogen-bond donors (Lipinski definition) is 1. The molecule has 1 aromatic rings. The molecule has 4 heteroatoms. The maximum Gasteiger partial charge on any atom is 0.0985 e. The van der Waals surface area contributed by atoms with Gasteiger partial charge in [0.25, 0.3) is 0 Å². The Kier molecular flexibility index (Phi) is 5.87. The van der Waals surface area contributed by atoms with Gasteiger partial charge in [0.15, 0.2) is 0 Å². The molecule has 0 saturated heterocycles. The number of aliphatic hydroxyl groups excluding tert-OH is 1. The highest BCUT2D eigenvalue weighted by molar-refractivity contribution is 6.20. The fourth-order valence-electron chi connectivity index (χ4n) is 1.47. The Balaban J connectivity index is 2.61. The van der Waals surface area contributed by atoms with E-state index < -0.39 is 0 Å². The minimum atomic E-state index is -0.350. The number of nitriles is 1. The molecule has 1 N–H and O–H groups in total. The van der Waals surface area contributed by atoms with Gasteiger partial charge in [-0.2, -0.15) is 5.26 Å². The molecule has 0 heterocycles. The van der Waals surface area contributed by atoms with Crippen molar-refractivity contribution in [1.29, 1.82) is 5.26 Å². The van der Waals surface area contributed by atoms with E-state index in [-0.39, 0.29) is 18.5 Å². The first-order valence-corrected chi connectivity index (χ1v) is 5.61. The summed E-state index contributed by atoms with van der Waals surface area (Å²) in [7, 11) is 0. The van der Waals surface area contributed by atoms with Crippen LogP contribution >= 0.6 is 11.6 Å². The van der Waals surface area contributed by atoms with Gasteiger partial charge in [0.2, 0.25) is 0 Å². The molecule has 16 heavy (non-hydrogen) atoms. The third-order valence-corrected chi connectivity index (χ3v) is 2.70. The second-order valence-corrected chi connectivity index (χ2v) is 3.98. The average Bonchev–Trinajstić information content (AvgIpc) is 2.30. The fourth-order valence-corrected chi connectivity index (χ4v) is 1.70. The molecule has 0 aliphatic heterocycles. The van der Waals surface area contributed by atoms with Gasteiger partial charge in [-0.1, -0.05) is 30.3 Å². The molecule has 0 aliphatic rings. The number of halogens is 1. The molecule has 0 spiro atoms. The lowest BCUT2D eigenvalue weighted by molar-refractivity contribution is 0.178. The van der Waals surface area contributed by atoms with E-state index in [0.717, 1.165) is 5.56 Å². The summed E-state index contributed by atoms with van der Waals surface area (Å²) in [6.45, 7) is 1.17. The number of nitrogens with zero attached hydrogens (tertiary/aromatic N) is 2. The van der Waals surface area contributed by atoms with E-state index in [1.165, 1.54) is 0 Å². The number of alkyl halides is 1. The minimum Gasteiger partial charge on any atom is -0.395 e. The van der Waals surface area contributed by atoms with Crippen LogP contribution in [0.25, 0.3) is 0 Å². The van der Waals surface area contributed by atoms with Gasteiger partial charge in [-0.25, -0.2) is 0 Å². The van der Waals surface area contributed by atoms with Crippen molar-refractivity contribution in [2.75, 3.05) is 13.2 Å². The van der Waals surface area contributed by atoms with Crippen molar-refractivity contribution in [3.05, 3.63) is 35.9 Å². The summed E-state index contributed by atoms with van der Waals surface area (Å²) in [5, 5.41) is 17.5. The Morgan fingerprint density at radius 3 is 2.62 bits per heavy atom. The Morgan fingerprint density at radius 2 is 2.06 bits per heavy atom. The van der Waals surface area contributed by atoms with Crippen LogP contribution in [0.2, 0.25) is 0 Å². The molecule has 1 atom stereocenters. The van der Waals surface area contributed by atoms with Crippen molar-refractivity contribution in [1.82, 2.24) is 4.90 Å². The van der Waals surface area contributed by atoms with Crippen LogP contribution in [0.5, 0.6) is 0 Å². The molecule has 0 radical (unpaired) electrons. The van der Waals surface area contributed by atoms with E-state index in [0.29, 0.717) is 13.1 Å². The summed E-state index contributed by atoms with van der Waals surface area (Å²) in [6.07, 6.45) is 0.258. The largest absolute Gasteiger partial charge is 0.395 e. The van der Waals surface area contributed by atoms with Crippen LogP contribution in [0.1, 0.15) is 12.0 Å². The van der Waals surface area contributed by atoms with Crippen LogP contribution in [-0.2, 0) is 6.54 Å². The van der Waals surface area contributed by atoms with E-state index in [2.05, 4.69) is 0 Å². The highest BCUT2D eigenvalue weighted by atomic mass is 35.5.